The van der Waals surface area contributed by atoms with Gasteiger partial charge in [-0.1, -0.05) is 6.07 Å². The van der Waals surface area contributed by atoms with Crippen molar-refractivity contribution in [3.63, 3.8) is 0 Å². The monoisotopic (exact) mass is 227 g/mol. The summed E-state index contributed by atoms with van der Waals surface area (Å²) in [7, 11) is 0. The highest BCUT2D eigenvalue weighted by molar-refractivity contribution is 8.00. The van der Waals surface area contributed by atoms with E-state index in [0.717, 1.165) is 12.3 Å². The highest BCUT2D eigenvalue weighted by atomic mass is 32.2. The van der Waals surface area contributed by atoms with Gasteiger partial charge in [-0.05, 0) is 19.1 Å². The quantitative estimate of drug-likeness (QED) is 0.787. The first-order chi connectivity index (χ1) is 7.25. The molecule has 2 rings (SSSR count). The van der Waals surface area contributed by atoms with E-state index in [1.807, 2.05) is 11.8 Å². The molecule has 1 unspecified atom stereocenters. The number of rotatable bonds is 3. The summed E-state index contributed by atoms with van der Waals surface area (Å²) in [5.41, 5.74) is 0. The molecule has 0 spiro atoms. The molecule has 1 fully saturated rings. The van der Waals surface area contributed by atoms with Crippen LogP contribution in [-0.2, 0) is 0 Å². The maximum Gasteiger partial charge on any atom is 0.142 e. The first-order valence-corrected chi connectivity index (χ1v) is 6.04. The van der Waals surface area contributed by atoms with Gasteiger partial charge < -0.3 is 4.74 Å². The van der Waals surface area contributed by atoms with Crippen molar-refractivity contribution in [2.24, 2.45) is 0 Å². The Kier molecular flexibility index (Phi) is 3.49. The van der Waals surface area contributed by atoms with Crippen LogP contribution in [0.15, 0.2) is 24.3 Å². The van der Waals surface area contributed by atoms with E-state index in [2.05, 4.69) is 11.8 Å². The molecule has 1 aliphatic heterocycles. The van der Waals surface area contributed by atoms with Crippen LogP contribution in [0, 0.1) is 5.82 Å². The van der Waals surface area contributed by atoms with E-state index in [4.69, 9.17) is 4.74 Å². The van der Waals surface area contributed by atoms with Gasteiger partial charge in [-0.25, -0.2) is 4.39 Å². The Hall–Kier alpha value is -0.740. The molecular formula is C11H14FNOS. The van der Waals surface area contributed by atoms with Crippen LogP contribution in [0.4, 0.5) is 4.39 Å². The molecule has 1 saturated heterocycles. The lowest BCUT2D eigenvalue weighted by Crippen LogP contribution is -2.30. The van der Waals surface area contributed by atoms with E-state index in [0.29, 0.717) is 17.9 Å². The van der Waals surface area contributed by atoms with Crippen LogP contribution in [0.25, 0.3) is 0 Å². The van der Waals surface area contributed by atoms with Gasteiger partial charge in [0.1, 0.15) is 18.3 Å². The summed E-state index contributed by atoms with van der Waals surface area (Å²) in [6, 6.07) is 6.26. The first-order valence-electron chi connectivity index (χ1n) is 5.00. The molecule has 0 aromatic heterocycles. The lowest BCUT2D eigenvalue weighted by molar-refractivity contribution is 0.134. The molecule has 1 aromatic carbocycles. The SMILES string of the molecule is CC1SCCN1COc1cccc(F)c1. The second-order valence-corrected chi connectivity index (χ2v) is 4.94. The van der Waals surface area contributed by atoms with Crippen molar-refractivity contribution >= 4 is 11.8 Å². The van der Waals surface area contributed by atoms with Crippen LogP contribution in [0.1, 0.15) is 6.92 Å². The van der Waals surface area contributed by atoms with Gasteiger partial charge in [-0.15, -0.1) is 11.8 Å². The molecule has 1 aromatic rings. The number of ether oxygens (including phenoxy) is 1. The summed E-state index contributed by atoms with van der Waals surface area (Å²) in [4.78, 5) is 2.23. The molecule has 0 aliphatic carbocycles. The van der Waals surface area contributed by atoms with Crippen LogP contribution in [0.3, 0.4) is 0 Å². The van der Waals surface area contributed by atoms with Crippen LogP contribution >= 0.6 is 11.8 Å². The smallest absolute Gasteiger partial charge is 0.142 e. The van der Waals surface area contributed by atoms with Crippen molar-refractivity contribution in [3.05, 3.63) is 30.1 Å². The van der Waals surface area contributed by atoms with Gasteiger partial charge >= 0.3 is 0 Å². The summed E-state index contributed by atoms with van der Waals surface area (Å²) in [5.74, 6) is 1.49. The van der Waals surface area contributed by atoms with Crippen LogP contribution in [0.5, 0.6) is 5.75 Å². The van der Waals surface area contributed by atoms with Crippen molar-refractivity contribution in [1.29, 1.82) is 0 Å². The Morgan fingerprint density at radius 1 is 1.60 bits per heavy atom. The first kappa shape index (κ1) is 10.8. The highest BCUT2D eigenvalue weighted by Crippen LogP contribution is 2.23. The number of nitrogens with zero attached hydrogens (tertiary/aromatic N) is 1. The highest BCUT2D eigenvalue weighted by Gasteiger charge is 2.20. The summed E-state index contributed by atoms with van der Waals surface area (Å²) in [6.45, 7) is 3.74. The van der Waals surface area contributed by atoms with Crippen molar-refractivity contribution in [2.75, 3.05) is 19.0 Å². The third kappa shape index (κ3) is 2.86. The second-order valence-electron chi connectivity index (χ2n) is 3.51. The summed E-state index contributed by atoms with van der Waals surface area (Å²) < 4.78 is 18.4. The van der Waals surface area contributed by atoms with Crippen molar-refractivity contribution in [2.45, 2.75) is 12.3 Å². The van der Waals surface area contributed by atoms with Gasteiger partial charge in [-0.2, -0.15) is 0 Å². The summed E-state index contributed by atoms with van der Waals surface area (Å²) in [6.07, 6.45) is 0. The predicted octanol–water partition coefficient (Wildman–Crippen LogP) is 2.56. The molecule has 1 heterocycles. The summed E-state index contributed by atoms with van der Waals surface area (Å²) >= 11 is 1.92. The molecule has 2 nitrogen and oxygen atoms in total. The van der Waals surface area contributed by atoms with E-state index in [1.54, 1.807) is 12.1 Å². The zero-order chi connectivity index (χ0) is 10.7. The normalized spacial score (nSPS) is 21.9. The molecule has 1 aliphatic rings. The Morgan fingerprint density at radius 2 is 2.47 bits per heavy atom. The summed E-state index contributed by atoms with van der Waals surface area (Å²) in [5, 5.41) is 0.499. The van der Waals surface area contributed by atoms with Gasteiger partial charge in [0.05, 0.1) is 5.37 Å². The van der Waals surface area contributed by atoms with Gasteiger partial charge in [-0.3, -0.25) is 4.90 Å². The maximum atomic E-state index is 12.8. The average Bonchev–Trinajstić information content (AvgIpc) is 2.61. The number of hydrogen-bond donors (Lipinski definition) is 0. The van der Waals surface area contributed by atoms with Crippen molar-refractivity contribution in [1.82, 2.24) is 4.90 Å². The third-order valence-corrected chi connectivity index (χ3v) is 3.64. The topological polar surface area (TPSA) is 12.5 Å². The molecular weight excluding hydrogens is 213 g/mol. The van der Waals surface area contributed by atoms with E-state index < -0.39 is 0 Å². The fraction of sp³-hybridized carbons (Fsp3) is 0.455. The van der Waals surface area contributed by atoms with Gasteiger partial charge in [0.2, 0.25) is 0 Å². The minimum absolute atomic E-state index is 0.253. The number of thioether (sulfide) groups is 1. The Labute approximate surface area is 93.4 Å². The average molecular weight is 227 g/mol. The largest absolute Gasteiger partial charge is 0.478 e. The van der Waals surface area contributed by atoms with Gasteiger partial charge in [0.15, 0.2) is 0 Å². The Bertz CT molecular complexity index is 334. The molecule has 15 heavy (non-hydrogen) atoms. The maximum absolute atomic E-state index is 12.8. The van der Waals surface area contributed by atoms with E-state index in [-0.39, 0.29) is 5.82 Å². The minimum Gasteiger partial charge on any atom is -0.478 e. The van der Waals surface area contributed by atoms with Crippen molar-refractivity contribution in [3.8, 4) is 5.75 Å². The van der Waals surface area contributed by atoms with Crippen molar-refractivity contribution < 1.29 is 9.13 Å². The van der Waals surface area contributed by atoms with E-state index >= 15 is 0 Å². The zero-order valence-corrected chi connectivity index (χ0v) is 9.47. The molecule has 82 valence electrons. The van der Waals surface area contributed by atoms with Crippen LogP contribution in [-0.4, -0.2) is 29.3 Å². The Morgan fingerprint density at radius 3 is 3.13 bits per heavy atom. The fourth-order valence-electron chi connectivity index (χ4n) is 1.51. The zero-order valence-electron chi connectivity index (χ0n) is 8.65. The van der Waals surface area contributed by atoms with Crippen LogP contribution in [0.2, 0.25) is 0 Å². The lowest BCUT2D eigenvalue weighted by Gasteiger charge is -2.20. The third-order valence-electron chi connectivity index (χ3n) is 2.44. The Balaban J connectivity index is 1.87. The molecule has 0 radical (unpaired) electrons. The van der Waals surface area contributed by atoms with Gasteiger partial charge in [0.25, 0.3) is 0 Å². The molecule has 0 N–H and O–H groups in total. The molecule has 0 amide bonds. The number of halogens is 1. The second kappa shape index (κ2) is 4.86. The van der Waals surface area contributed by atoms with E-state index in [9.17, 15) is 4.39 Å². The molecule has 0 bridgehead atoms. The number of hydrogen-bond acceptors (Lipinski definition) is 3. The predicted molar refractivity (Wildman–Crippen MR) is 60.5 cm³/mol. The van der Waals surface area contributed by atoms with Crippen LogP contribution < -0.4 is 4.74 Å². The minimum atomic E-state index is -0.253. The number of benzene rings is 1. The molecule has 1 atom stereocenters. The van der Waals surface area contributed by atoms with Gasteiger partial charge in [0, 0.05) is 18.4 Å². The van der Waals surface area contributed by atoms with E-state index in [1.165, 1.54) is 12.1 Å². The fourth-order valence-corrected chi connectivity index (χ4v) is 2.57. The standard InChI is InChI=1S/C11H14FNOS/c1-9-13(5-6-15-9)8-14-11-4-2-3-10(12)7-11/h2-4,7,9H,5-6,8H2,1H3. The molecule has 4 heteroatoms. The lowest BCUT2D eigenvalue weighted by atomic mass is 10.3. The molecule has 0 saturated carbocycles.